The number of nitrogens with zero attached hydrogens (tertiary/aromatic N) is 3. The van der Waals surface area contributed by atoms with Gasteiger partial charge in [0.1, 0.15) is 5.75 Å². The van der Waals surface area contributed by atoms with Gasteiger partial charge < -0.3 is 15.7 Å². The van der Waals surface area contributed by atoms with Gasteiger partial charge in [-0.2, -0.15) is 0 Å². The lowest BCUT2D eigenvalue weighted by Crippen LogP contribution is -2.42. The summed E-state index contributed by atoms with van der Waals surface area (Å²) < 4.78 is 0. The van der Waals surface area contributed by atoms with E-state index in [2.05, 4.69) is 51.7 Å². The predicted octanol–water partition coefficient (Wildman–Crippen LogP) is 4.08. The van der Waals surface area contributed by atoms with Crippen molar-refractivity contribution in [1.82, 2.24) is 20.2 Å². The number of hydrogen-bond donors (Lipinski definition) is 3. The normalized spacial score (nSPS) is 14.6. The van der Waals surface area contributed by atoms with Gasteiger partial charge in [-0.3, -0.25) is 4.90 Å². The van der Waals surface area contributed by atoms with Gasteiger partial charge in [0.15, 0.2) is 0 Å². The van der Waals surface area contributed by atoms with E-state index in [1.807, 2.05) is 24.4 Å². The SMILES string of the molecule is CCN(Cc1cccc(-c2ccnc(NCCc3ccc(O)cc3)n2)c1)C1CCNCC1. The lowest BCUT2D eigenvalue weighted by atomic mass is 10.0. The van der Waals surface area contributed by atoms with Crippen LogP contribution in [0.5, 0.6) is 5.75 Å². The summed E-state index contributed by atoms with van der Waals surface area (Å²) in [5.74, 6) is 0.925. The van der Waals surface area contributed by atoms with Crippen LogP contribution in [0.15, 0.2) is 60.8 Å². The van der Waals surface area contributed by atoms with Gasteiger partial charge in [-0.15, -0.1) is 0 Å². The minimum atomic E-state index is 0.290. The van der Waals surface area contributed by atoms with Crippen molar-refractivity contribution in [2.24, 2.45) is 0 Å². The van der Waals surface area contributed by atoms with Crippen LogP contribution in [0.4, 0.5) is 5.95 Å². The number of piperidine rings is 1. The van der Waals surface area contributed by atoms with Gasteiger partial charge in [0.05, 0.1) is 5.69 Å². The van der Waals surface area contributed by atoms with Crippen LogP contribution in [-0.2, 0) is 13.0 Å². The molecule has 6 nitrogen and oxygen atoms in total. The lowest BCUT2D eigenvalue weighted by Gasteiger charge is -2.34. The molecule has 1 aliphatic rings. The van der Waals surface area contributed by atoms with E-state index in [-0.39, 0.29) is 5.75 Å². The smallest absolute Gasteiger partial charge is 0.223 e. The number of phenolic OH excluding ortho intramolecular Hbond substituents is 1. The van der Waals surface area contributed by atoms with Crippen LogP contribution in [-0.4, -0.2) is 52.2 Å². The van der Waals surface area contributed by atoms with Gasteiger partial charge in [0, 0.05) is 30.9 Å². The van der Waals surface area contributed by atoms with E-state index in [4.69, 9.17) is 4.98 Å². The first-order valence-electron chi connectivity index (χ1n) is 11.6. The molecule has 1 saturated heterocycles. The van der Waals surface area contributed by atoms with Gasteiger partial charge in [-0.25, -0.2) is 9.97 Å². The van der Waals surface area contributed by atoms with Crippen molar-refractivity contribution < 1.29 is 5.11 Å². The highest BCUT2D eigenvalue weighted by atomic mass is 16.3. The monoisotopic (exact) mass is 431 g/mol. The molecule has 0 amide bonds. The number of rotatable bonds is 9. The summed E-state index contributed by atoms with van der Waals surface area (Å²) in [6.07, 6.45) is 5.09. The van der Waals surface area contributed by atoms with E-state index in [0.717, 1.165) is 56.0 Å². The molecule has 32 heavy (non-hydrogen) atoms. The van der Waals surface area contributed by atoms with E-state index in [0.29, 0.717) is 12.0 Å². The minimum absolute atomic E-state index is 0.290. The largest absolute Gasteiger partial charge is 0.508 e. The topological polar surface area (TPSA) is 73.3 Å². The molecule has 0 aliphatic carbocycles. The molecule has 0 bridgehead atoms. The molecule has 2 aromatic carbocycles. The Morgan fingerprint density at radius 3 is 2.66 bits per heavy atom. The Bertz CT molecular complexity index is 986. The number of anilines is 1. The Labute approximate surface area is 190 Å². The Kier molecular flexibility index (Phi) is 7.69. The molecule has 2 heterocycles. The van der Waals surface area contributed by atoms with Crippen LogP contribution in [0, 0.1) is 0 Å². The molecule has 1 aromatic heterocycles. The molecule has 1 aliphatic heterocycles. The molecule has 0 spiro atoms. The maximum atomic E-state index is 9.41. The zero-order valence-electron chi connectivity index (χ0n) is 18.8. The summed E-state index contributed by atoms with van der Waals surface area (Å²) in [4.78, 5) is 11.7. The van der Waals surface area contributed by atoms with E-state index < -0.39 is 0 Å². The summed E-state index contributed by atoms with van der Waals surface area (Å²) in [7, 11) is 0. The Morgan fingerprint density at radius 1 is 1.06 bits per heavy atom. The van der Waals surface area contributed by atoms with Crippen molar-refractivity contribution in [3.8, 4) is 17.0 Å². The molecular formula is C26H33N5O. The van der Waals surface area contributed by atoms with E-state index in [9.17, 15) is 5.11 Å². The summed E-state index contributed by atoms with van der Waals surface area (Å²) in [5.41, 5.74) is 4.53. The number of benzene rings is 2. The highest BCUT2D eigenvalue weighted by molar-refractivity contribution is 5.61. The van der Waals surface area contributed by atoms with Crippen molar-refractivity contribution in [2.45, 2.75) is 38.8 Å². The quantitative estimate of drug-likeness (QED) is 0.474. The number of aromatic nitrogens is 2. The number of hydrogen-bond acceptors (Lipinski definition) is 6. The predicted molar refractivity (Wildman–Crippen MR) is 130 cm³/mol. The maximum absolute atomic E-state index is 9.41. The molecule has 0 radical (unpaired) electrons. The number of aromatic hydroxyl groups is 1. The summed E-state index contributed by atoms with van der Waals surface area (Å²) in [6, 6.07) is 18.6. The van der Waals surface area contributed by atoms with Gasteiger partial charge in [-0.05, 0) is 74.3 Å². The number of phenols is 1. The summed E-state index contributed by atoms with van der Waals surface area (Å²) in [5, 5.41) is 16.2. The van der Waals surface area contributed by atoms with Crippen LogP contribution in [0.2, 0.25) is 0 Å². The molecule has 3 aromatic rings. The molecule has 4 rings (SSSR count). The van der Waals surface area contributed by atoms with E-state index in [1.165, 1.54) is 18.4 Å². The fourth-order valence-electron chi connectivity index (χ4n) is 4.32. The fraction of sp³-hybridized carbons (Fsp3) is 0.385. The molecule has 0 saturated carbocycles. The molecule has 6 heteroatoms. The Morgan fingerprint density at radius 2 is 1.88 bits per heavy atom. The maximum Gasteiger partial charge on any atom is 0.223 e. The first-order valence-corrected chi connectivity index (χ1v) is 11.6. The van der Waals surface area contributed by atoms with Crippen molar-refractivity contribution in [3.63, 3.8) is 0 Å². The van der Waals surface area contributed by atoms with Gasteiger partial charge >= 0.3 is 0 Å². The van der Waals surface area contributed by atoms with Crippen LogP contribution in [0.1, 0.15) is 30.9 Å². The highest BCUT2D eigenvalue weighted by Crippen LogP contribution is 2.22. The van der Waals surface area contributed by atoms with Crippen molar-refractivity contribution in [3.05, 3.63) is 71.9 Å². The van der Waals surface area contributed by atoms with E-state index in [1.54, 1.807) is 12.1 Å². The highest BCUT2D eigenvalue weighted by Gasteiger charge is 2.19. The molecule has 3 N–H and O–H groups in total. The summed E-state index contributed by atoms with van der Waals surface area (Å²) in [6.45, 7) is 7.26. The van der Waals surface area contributed by atoms with Crippen LogP contribution < -0.4 is 10.6 Å². The van der Waals surface area contributed by atoms with Crippen molar-refractivity contribution in [2.75, 3.05) is 31.5 Å². The molecule has 1 fully saturated rings. The third-order valence-corrected chi connectivity index (χ3v) is 6.13. The minimum Gasteiger partial charge on any atom is -0.508 e. The van der Waals surface area contributed by atoms with Crippen LogP contribution in [0.3, 0.4) is 0 Å². The average molecular weight is 432 g/mol. The average Bonchev–Trinajstić information content (AvgIpc) is 2.85. The zero-order valence-corrected chi connectivity index (χ0v) is 18.8. The third kappa shape index (κ3) is 6.05. The zero-order chi connectivity index (χ0) is 22.2. The summed E-state index contributed by atoms with van der Waals surface area (Å²) >= 11 is 0. The van der Waals surface area contributed by atoms with Crippen LogP contribution in [0.25, 0.3) is 11.3 Å². The molecule has 0 atom stereocenters. The second-order valence-corrected chi connectivity index (χ2v) is 8.35. The third-order valence-electron chi connectivity index (χ3n) is 6.13. The Hall–Kier alpha value is -2.96. The first kappa shape index (κ1) is 22.2. The molecule has 0 unspecified atom stereocenters. The second-order valence-electron chi connectivity index (χ2n) is 8.35. The van der Waals surface area contributed by atoms with Gasteiger partial charge in [0.2, 0.25) is 5.95 Å². The van der Waals surface area contributed by atoms with E-state index >= 15 is 0 Å². The fourth-order valence-corrected chi connectivity index (χ4v) is 4.32. The second kappa shape index (κ2) is 11.1. The molecular weight excluding hydrogens is 398 g/mol. The first-order chi connectivity index (χ1) is 15.7. The van der Waals surface area contributed by atoms with Gasteiger partial charge in [0.25, 0.3) is 0 Å². The van der Waals surface area contributed by atoms with Gasteiger partial charge in [-0.1, -0.05) is 37.3 Å². The standard InChI is InChI=1S/C26H33N5O/c1-2-31(23-11-14-27-15-12-23)19-21-4-3-5-22(18-21)25-13-17-29-26(30-25)28-16-10-20-6-8-24(32)9-7-20/h3-9,13,17-18,23,27,32H,2,10-12,14-16,19H2,1H3,(H,28,29,30). The number of nitrogens with one attached hydrogen (secondary N) is 2. The Balaban J connectivity index is 1.39. The van der Waals surface area contributed by atoms with Crippen molar-refractivity contribution in [1.29, 1.82) is 0 Å². The van der Waals surface area contributed by atoms with Crippen LogP contribution >= 0.6 is 0 Å². The molecule has 168 valence electrons. The van der Waals surface area contributed by atoms with Crippen molar-refractivity contribution >= 4 is 5.95 Å². The lowest BCUT2D eigenvalue weighted by molar-refractivity contribution is 0.162.